The molecule has 0 aliphatic heterocycles. The maximum atomic E-state index is 10.6. The average molecular weight is 259 g/mol. The molecule has 0 aliphatic rings. The topological polar surface area (TPSA) is 29.4 Å². The van der Waals surface area contributed by atoms with Gasteiger partial charge in [0.25, 0.3) is 0 Å². The third-order valence-corrected chi connectivity index (χ3v) is 3.50. The van der Waals surface area contributed by atoms with Crippen LogP contribution in [0.3, 0.4) is 0 Å². The van der Waals surface area contributed by atoms with E-state index in [4.69, 9.17) is 4.99 Å². The average Bonchev–Trinajstić information content (AvgIpc) is 2.36. The van der Waals surface area contributed by atoms with Crippen molar-refractivity contribution in [3.8, 4) is 0 Å². The number of carbonyl (C=O) groups excluding carboxylic acids is 1. The maximum absolute atomic E-state index is 10.6. The van der Waals surface area contributed by atoms with Crippen molar-refractivity contribution in [1.82, 2.24) is 0 Å². The molecule has 0 atom stereocenters. The van der Waals surface area contributed by atoms with Crippen molar-refractivity contribution >= 4 is 12.5 Å². The molecular formula is C17H25NO. The fraction of sp³-hybridized carbons (Fsp3) is 0.529. The number of rotatable bonds is 6. The Morgan fingerprint density at radius 1 is 1.05 bits per heavy atom. The highest BCUT2D eigenvalue weighted by atomic mass is 16.1. The van der Waals surface area contributed by atoms with Crippen LogP contribution in [0.25, 0.3) is 0 Å². The Morgan fingerprint density at radius 2 is 1.58 bits per heavy atom. The number of benzene rings is 1. The SMILES string of the molecule is CCC(C)(C)CC(C)(C)N=Cc1ccc(C=O)cc1. The van der Waals surface area contributed by atoms with Crippen LogP contribution in [0.1, 0.15) is 63.4 Å². The Kier molecular flexibility index (Phi) is 5.04. The fourth-order valence-corrected chi connectivity index (χ4v) is 2.25. The second kappa shape index (κ2) is 6.14. The molecule has 0 spiro atoms. The summed E-state index contributed by atoms with van der Waals surface area (Å²) in [7, 11) is 0. The van der Waals surface area contributed by atoms with E-state index in [-0.39, 0.29) is 5.54 Å². The first-order valence-corrected chi connectivity index (χ1v) is 6.88. The van der Waals surface area contributed by atoms with Crippen molar-refractivity contribution in [2.45, 2.75) is 53.0 Å². The lowest BCUT2D eigenvalue weighted by Gasteiger charge is -2.31. The van der Waals surface area contributed by atoms with Crippen molar-refractivity contribution in [3.63, 3.8) is 0 Å². The van der Waals surface area contributed by atoms with Gasteiger partial charge in [0.05, 0.1) is 5.54 Å². The zero-order valence-corrected chi connectivity index (χ0v) is 12.7. The molecule has 0 radical (unpaired) electrons. The molecule has 0 fully saturated rings. The van der Waals surface area contributed by atoms with Gasteiger partial charge in [0.1, 0.15) is 6.29 Å². The molecule has 1 aromatic rings. The Bertz CT molecular complexity index is 441. The molecule has 1 aromatic carbocycles. The highest BCUT2D eigenvalue weighted by molar-refractivity contribution is 5.82. The molecule has 0 saturated carbocycles. The molecule has 0 amide bonds. The molecule has 0 aromatic heterocycles. The molecule has 1 rings (SSSR count). The van der Waals surface area contributed by atoms with E-state index < -0.39 is 0 Å². The van der Waals surface area contributed by atoms with Crippen LogP contribution in [0, 0.1) is 5.41 Å². The predicted octanol–water partition coefficient (Wildman–Crippen LogP) is 4.52. The highest BCUT2D eigenvalue weighted by Crippen LogP contribution is 2.32. The third kappa shape index (κ3) is 5.37. The minimum Gasteiger partial charge on any atom is -0.298 e. The Labute approximate surface area is 117 Å². The lowest BCUT2D eigenvalue weighted by Crippen LogP contribution is -2.26. The molecule has 19 heavy (non-hydrogen) atoms. The second-order valence-corrected chi connectivity index (χ2v) is 6.55. The quantitative estimate of drug-likeness (QED) is 0.545. The van der Waals surface area contributed by atoms with Crippen molar-refractivity contribution in [3.05, 3.63) is 35.4 Å². The van der Waals surface area contributed by atoms with Crippen molar-refractivity contribution in [2.24, 2.45) is 10.4 Å². The number of carbonyl (C=O) groups is 1. The fourth-order valence-electron chi connectivity index (χ4n) is 2.25. The molecule has 0 saturated heterocycles. The van der Waals surface area contributed by atoms with E-state index in [1.807, 2.05) is 30.5 Å². The van der Waals surface area contributed by atoms with Crippen molar-refractivity contribution < 1.29 is 4.79 Å². The number of hydrogen-bond acceptors (Lipinski definition) is 2. The predicted molar refractivity (Wildman–Crippen MR) is 82.2 cm³/mol. The lowest BCUT2D eigenvalue weighted by molar-refractivity contribution is 0.112. The third-order valence-electron chi connectivity index (χ3n) is 3.50. The van der Waals surface area contributed by atoms with Gasteiger partial charge in [-0.15, -0.1) is 0 Å². The van der Waals surface area contributed by atoms with Gasteiger partial charge in [-0.25, -0.2) is 0 Å². The van der Waals surface area contributed by atoms with Crippen LogP contribution in [0.5, 0.6) is 0 Å². The normalized spacial score (nSPS) is 12.9. The Morgan fingerprint density at radius 3 is 2.05 bits per heavy atom. The van der Waals surface area contributed by atoms with Crippen LogP contribution < -0.4 is 0 Å². The summed E-state index contributed by atoms with van der Waals surface area (Å²) in [4.78, 5) is 15.3. The van der Waals surface area contributed by atoms with Gasteiger partial charge in [-0.1, -0.05) is 51.5 Å². The number of aldehydes is 1. The molecule has 104 valence electrons. The van der Waals surface area contributed by atoms with Gasteiger partial charge >= 0.3 is 0 Å². The summed E-state index contributed by atoms with van der Waals surface area (Å²) in [6.45, 7) is 11.1. The van der Waals surface area contributed by atoms with Gasteiger partial charge in [-0.2, -0.15) is 0 Å². The zero-order chi connectivity index (χ0) is 14.5. The first kappa shape index (κ1) is 15.6. The van der Waals surface area contributed by atoms with E-state index in [1.165, 1.54) is 0 Å². The molecule has 0 unspecified atom stereocenters. The van der Waals surface area contributed by atoms with Crippen molar-refractivity contribution in [2.75, 3.05) is 0 Å². The molecular weight excluding hydrogens is 234 g/mol. The smallest absolute Gasteiger partial charge is 0.150 e. The van der Waals surface area contributed by atoms with E-state index in [2.05, 4.69) is 34.6 Å². The molecule has 0 bridgehead atoms. The maximum Gasteiger partial charge on any atom is 0.150 e. The minimum atomic E-state index is -0.0666. The summed E-state index contributed by atoms with van der Waals surface area (Å²) in [6, 6.07) is 7.48. The van der Waals surface area contributed by atoms with Gasteiger partial charge in [0.2, 0.25) is 0 Å². The molecule has 2 nitrogen and oxygen atoms in total. The summed E-state index contributed by atoms with van der Waals surface area (Å²) in [5.74, 6) is 0. The highest BCUT2D eigenvalue weighted by Gasteiger charge is 2.26. The first-order chi connectivity index (χ1) is 8.78. The van der Waals surface area contributed by atoms with Crippen LogP contribution in [-0.2, 0) is 0 Å². The van der Waals surface area contributed by atoms with E-state index in [9.17, 15) is 4.79 Å². The first-order valence-electron chi connectivity index (χ1n) is 6.88. The van der Waals surface area contributed by atoms with Crippen LogP contribution in [-0.4, -0.2) is 18.0 Å². The minimum absolute atomic E-state index is 0.0666. The van der Waals surface area contributed by atoms with Crippen LogP contribution >= 0.6 is 0 Å². The summed E-state index contributed by atoms with van der Waals surface area (Å²) < 4.78 is 0. The van der Waals surface area contributed by atoms with Gasteiger partial charge in [0, 0.05) is 11.8 Å². The number of nitrogens with zero attached hydrogens (tertiary/aromatic N) is 1. The molecule has 0 heterocycles. The Balaban J connectivity index is 2.75. The van der Waals surface area contributed by atoms with Gasteiger partial charge in [-0.3, -0.25) is 9.79 Å². The van der Waals surface area contributed by atoms with E-state index >= 15 is 0 Å². The van der Waals surface area contributed by atoms with Gasteiger partial charge < -0.3 is 0 Å². The summed E-state index contributed by atoms with van der Waals surface area (Å²) in [6.07, 6.45) is 4.97. The van der Waals surface area contributed by atoms with E-state index in [0.717, 1.165) is 24.7 Å². The van der Waals surface area contributed by atoms with Crippen LogP contribution in [0.2, 0.25) is 0 Å². The largest absolute Gasteiger partial charge is 0.298 e. The Hall–Kier alpha value is -1.44. The van der Waals surface area contributed by atoms with Crippen LogP contribution in [0.15, 0.2) is 29.3 Å². The van der Waals surface area contributed by atoms with Gasteiger partial charge in [0.15, 0.2) is 0 Å². The lowest BCUT2D eigenvalue weighted by atomic mass is 9.78. The van der Waals surface area contributed by atoms with E-state index in [1.54, 1.807) is 0 Å². The zero-order valence-electron chi connectivity index (χ0n) is 12.7. The molecule has 0 N–H and O–H groups in total. The molecule has 2 heteroatoms. The summed E-state index contributed by atoms with van der Waals surface area (Å²) in [5, 5.41) is 0. The summed E-state index contributed by atoms with van der Waals surface area (Å²) in [5.41, 5.74) is 1.97. The standard InChI is InChI=1S/C17H25NO/c1-6-16(2,3)13-17(4,5)18-11-14-7-9-15(12-19)10-8-14/h7-12H,6,13H2,1-5H3. The summed E-state index contributed by atoms with van der Waals surface area (Å²) >= 11 is 0. The monoisotopic (exact) mass is 259 g/mol. The molecule has 0 aliphatic carbocycles. The number of aliphatic imine (C=N–C) groups is 1. The van der Waals surface area contributed by atoms with Crippen LogP contribution in [0.4, 0.5) is 0 Å². The second-order valence-electron chi connectivity index (χ2n) is 6.55. The van der Waals surface area contributed by atoms with E-state index in [0.29, 0.717) is 11.0 Å². The number of hydrogen-bond donors (Lipinski definition) is 0. The van der Waals surface area contributed by atoms with Gasteiger partial charge in [-0.05, 0) is 31.2 Å². The van der Waals surface area contributed by atoms with Crippen molar-refractivity contribution in [1.29, 1.82) is 0 Å².